The standard InChI is InChI=1S/C11H16ClNOS/c1-2-3-10(12)7-13-11(14)6-9-4-5-15-8-9/h4-5,8,10H,2-3,6-7H2,1H3,(H,13,14). The predicted molar refractivity (Wildman–Crippen MR) is 65.6 cm³/mol. The van der Waals surface area contributed by atoms with Crippen LogP contribution in [0.25, 0.3) is 0 Å². The summed E-state index contributed by atoms with van der Waals surface area (Å²) in [7, 11) is 0. The molecule has 0 spiro atoms. The highest BCUT2D eigenvalue weighted by Crippen LogP contribution is 2.07. The summed E-state index contributed by atoms with van der Waals surface area (Å²) in [6.45, 7) is 2.65. The Morgan fingerprint density at radius 3 is 3.07 bits per heavy atom. The van der Waals surface area contributed by atoms with Crippen molar-refractivity contribution in [2.75, 3.05) is 6.54 Å². The van der Waals surface area contributed by atoms with Crippen LogP contribution >= 0.6 is 22.9 Å². The number of thiophene rings is 1. The van der Waals surface area contributed by atoms with Crippen molar-refractivity contribution in [3.8, 4) is 0 Å². The maximum atomic E-state index is 11.5. The number of alkyl halides is 1. The Balaban J connectivity index is 2.19. The third-order valence-corrected chi connectivity index (χ3v) is 3.17. The van der Waals surface area contributed by atoms with Gasteiger partial charge in [-0.1, -0.05) is 13.3 Å². The quantitative estimate of drug-likeness (QED) is 0.768. The molecule has 0 bridgehead atoms. The van der Waals surface area contributed by atoms with E-state index in [0.29, 0.717) is 13.0 Å². The molecule has 84 valence electrons. The van der Waals surface area contributed by atoms with Gasteiger partial charge in [-0.05, 0) is 28.8 Å². The molecule has 0 saturated carbocycles. The molecule has 4 heteroatoms. The van der Waals surface area contributed by atoms with Crippen LogP contribution in [0.5, 0.6) is 0 Å². The molecule has 0 aliphatic carbocycles. The van der Waals surface area contributed by atoms with Crippen molar-refractivity contribution < 1.29 is 4.79 Å². The molecule has 0 saturated heterocycles. The minimum atomic E-state index is 0.0511. The second-order valence-corrected chi connectivity index (χ2v) is 4.90. The Labute approximate surface area is 99.6 Å². The second kappa shape index (κ2) is 6.85. The maximum Gasteiger partial charge on any atom is 0.224 e. The number of hydrogen-bond acceptors (Lipinski definition) is 2. The topological polar surface area (TPSA) is 29.1 Å². The lowest BCUT2D eigenvalue weighted by Gasteiger charge is -2.09. The van der Waals surface area contributed by atoms with Crippen molar-refractivity contribution in [2.45, 2.75) is 31.6 Å². The van der Waals surface area contributed by atoms with Crippen LogP contribution in [0.4, 0.5) is 0 Å². The van der Waals surface area contributed by atoms with Gasteiger partial charge in [-0.2, -0.15) is 11.3 Å². The number of nitrogens with one attached hydrogen (secondary N) is 1. The zero-order valence-electron chi connectivity index (χ0n) is 8.83. The van der Waals surface area contributed by atoms with Crippen LogP contribution in [-0.4, -0.2) is 17.8 Å². The summed E-state index contributed by atoms with van der Waals surface area (Å²) in [4.78, 5) is 11.5. The fourth-order valence-corrected chi connectivity index (χ4v) is 2.24. The summed E-state index contributed by atoms with van der Waals surface area (Å²) in [5.74, 6) is 0.0511. The van der Waals surface area contributed by atoms with Crippen LogP contribution in [0.3, 0.4) is 0 Å². The van der Waals surface area contributed by atoms with Gasteiger partial charge in [-0.25, -0.2) is 0 Å². The van der Waals surface area contributed by atoms with Crippen LogP contribution < -0.4 is 5.32 Å². The lowest BCUT2D eigenvalue weighted by Crippen LogP contribution is -2.30. The van der Waals surface area contributed by atoms with Crippen LogP contribution in [-0.2, 0) is 11.2 Å². The number of carbonyl (C=O) groups is 1. The van der Waals surface area contributed by atoms with Gasteiger partial charge in [0.15, 0.2) is 0 Å². The van der Waals surface area contributed by atoms with E-state index in [1.165, 1.54) is 0 Å². The highest BCUT2D eigenvalue weighted by Gasteiger charge is 2.07. The summed E-state index contributed by atoms with van der Waals surface area (Å²) >= 11 is 7.60. The first kappa shape index (κ1) is 12.5. The molecule has 0 aliphatic heterocycles. The van der Waals surface area contributed by atoms with E-state index in [-0.39, 0.29) is 11.3 Å². The van der Waals surface area contributed by atoms with Gasteiger partial charge in [0.2, 0.25) is 5.91 Å². The van der Waals surface area contributed by atoms with Gasteiger partial charge in [-0.3, -0.25) is 4.79 Å². The van der Waals surface area contributed by atoms with Crippen molar-refractivity contribution in [3.63, 3.8) is 0 Å². The molecular formula is C11H16ClNOS. The molecule has 1 rings (SSSR count). The van der Waals surface area contributed by atoms with Gasteiger partial charge in [0.05, 0.1) is 11.8 Å². The van der Waals surface area contributed by atoms with Crippen LogP contribution in [0.2, 0.25) is 0 Å². The number of halogens is 1. The van der Waals surface area contributed by atoms with E-state index in [9.17, 15) is 4.79 Å². The fourth-order valence-electron chi connectivity index (χ4n) is 1.28. The van der Waals surface area contributed by atoms with Gasteiger partial charge >= 0.3 is 0 Å². The molecule has 1 atom stereocenters. The molecule has 2 nitrogen and oxygen atoms in total. The van der Waals surface area contributed by atoms with Gasteiger partial charge in [0.1, 0.15) is 0 Å². The summed E-state index contributed by atoms with van der Waals surface area (Å²) in [6, 6.07) is 1.97. The molecular weight excluding hydrogens is 230 g/mol. The molecule has 1 amide bonds. The Bertz CT molecular complexity index is 287. The molecule has 1 aromatic rings. The van der Waals surface area contributed by atoms with Gasteiger partial charge in [0.25, 0.3) is 0 Å². The minimum Gasteiger partial charge on any atom is -0.354 e. The van der Waals surface area contributed by atoms with E-state index in [1.54, 1.807) is 11.3 Å². The van der Waals surface area contributed by atoms with Crippen LogP contribution in [0.15, 0.2) is 16.8 Å². The summed E-state index contributed by atoms with van der Waals surface area (Å²) < 4.78 is 0. The maximum absolute atomic E-state index is 11.5. The highest BCUT2D eigenvalue weighted by atomic mass is 35.5. The lowest BCUT2D eigenvalue weighted by atomic mass is 10.2. The molecule has 1 unspecified atom stereocenters. The molecule has 1 aromatic heterocycles. The van der Waals surface area contributed by atoms with Crippen molar-refractivity contribution in [2.24, 2.45) is 0 Å². The first-order valence-corrected chi connectivity index (χ1v) is 6.52. The van der Waals surface area contributed by atoms with Gasteiger partial charge in [-0.15, -0.1) is 11.6 Å². The average Bonchev–Trinajstić information content (AvgIpc) is 2.68. The highest BCUT2D eigenvalue weighted by molar-refractivity contribution is 7.07. The molecule has 1 N–H and O–H groups in total. The van der Waals surface area contributed by atoms with Crippen LogP contribution in [0, 0.1) is 0 Å². The number of carbonyl (C=O) groups excluding carboxylic acids is 1. The summed E-state index contributed by atoms with van der Waals surface area (Å²) in [6.07, 6.45) is 2.45. The minimum absolute atomic E-state index is 0.0511. The zero-order valence-corrected chi connectivity index (χ0v) is 10.4. The number of rotatable bonds is 6. The normalized spacial score (nSPS) is 12.4. The van der Waals surface area contributed by atoms with Crippen molar-refractivity contribution in [3.05, 3.63) is 22.4 Å². The van der Waals surface area contributed by atoms with E-state index >= 15 is 0 Å². The van der Waals surface area contributed by atoms with E-state index < -0.39 is 0 Å². The first-order valence-electron chi connectivity index (χ1n) is 5.14. The average molecular weight is 246 g/mol. The third kappa shape index (κ3) is 5.19. The molecule has 0 aromatic carbocycles. The predicted octanol–water partition coefficient (Wildman–Crippen LogP) is 2.81. The summed E-state index contributed by atoms with van der Waals surface area (Å²) in [5.41, 5.74) is 1.07. The number of amides is 1. The Morgan fingerprint density at radius 1 is 1.67 bits per heavy atom. The molecule has 0 fully saturated rings. The van der Waals surface area contributed by atoms with Gasteiger partial charge in [0, 0.05) is 6.54 Å². The van der Waals surface area contributed by atoms with Gasteiger partial charge < -0.3 is 5.32 Å². The Kier molecular flexibility index (Phi) is 5.73. The van der Waals surface area contributed by atoms with E-state index in [1.807, 2.05) is 16.8 Å². The second-order valence-electron chi connectivity index (χ2n) is 3.50. The van der Waals surface area contributed by atoms with E-state index in [2.05, 4.69) is 12.2 Å². The van der Waals surface area contributed by atoms with Crippen LogP contribution in [0.1, 0.15) is 25.3 Å². The number of hydrogen-bond donors (Lipinski definition) is 1. The zero-order chi connectivity index (χ0) is 11.1. The van der Waals surface area contributed by atoms with E-state index in [4.69, 9.17) is 11.6 Å². The van der Waals surface area contributed by atoms with E-state index in [0.717, 1.165) is 18.4 Å². The Hall–Kier alpha value is -0.540. The Morgan fingerprint density at radius 2 is 2.47 bits per heavy atom. The largest absolute Gasteiger partial charge is 0.354 e. The lowest BCUT2D eigenvalue weighted by molar-refractivity contribution is -0.120. The SMILES string of the molecule is CCCC(Cl)CNC(=O)Cc1ccsc1. The van der Waals surface area contributed by atoms with Crippen molar-refractivity contribution >= 4 is 28.8 Å². The smallest absolute Gasteiger partial charge is 0.224 e. The molecule has 1 heterocycles. The van der Waals surface area contributed by atoms with Crippen molar-refractivity contribution in [1.29, 1.82) is 0 Å². The summed E-state index contributed by atoms with van der Waals surface area (Å²) in [5, 5.41) is 6.86. The molecule has 0 aliphatic rings. The first-order chi connectivity index (χ1) is 7.22. The third-order valence-electron chi connectivity index (χ3n) is 2.07. The monoisotopic (exact) mass is 245 g/mol. The molecule has 15 heavy (non-hydrogen) atoms. The fraction of sp³-hybridized carbons (Fsp3) is 0.545. The van der Waals surface area contributed by atoms with Crippen molar-refractivity contribution in [1.82, 2.24) is 5.32 Å². The molecule has 0 radical (unpaired) electrons.